The van der Waals surface area contributed by atoms with E-state index < -0.39 is 30.9 Å². The van der Waals surface area contributed by atoms with E-state index in [2.05, 4.69) is 33.9 Å². The second kappa shape index (κ2) is 9.02. The molecule has 8 heteroatoms. The Labute approximate surface area is 181 Å². The molecule has 0 aromatic heterocycles. The predicted octanol–water partition coefficient (Wildman–Crippen LogP) is 5.19. The highest BCUT2D eigenvalue weighted by molar-refractivity contribution is 8.00. The zero-order valence-corrected chi connectivity index (χ0v) is 21.7. The van der Waals surface area contributed by atoms with E-state index in [0.29, 0.717) is 5.75 Å². The van der Waals surface area contributed by atoms with Gasteiger partial charge in [-0.05, 0) is 58.8 Å². The molecule has 0 unspecified atom stereocenters. The standard InChI is InChI=1S/C21H39NO5SSi/c1-19(2,3)26-18(24)22-15(14-28-21(22,7)8)16(12-13-17(23)25-9)27-29(10,11)20(4,5)6/h12-13,15-16H,14H2,1-11H3/b13-12+/t15-,16-/m0/s1. The average molecular weight is 446 g/mol. The van der Waals surface area contributed by atoms with Crippen molar-refractivity contribution in [2.75, 3.05) is 12.9 Å². The van der Waals surface area contributed by atoms with E-state index in [1.807, 2.05) is 34.6 Å². The molecule has 0 aromatic rings. The molecular weight excluding hydrogens is 406 g/mol. The minimum absolute atomic E-state index is 0.0115. The molecule has 29 heavy (non-hydrogen) atoms. The first kappa shape index (κ1) is 26.0. The Morgan fingerprint density at radius 1 is 1.17 bits per heavy atom. The SMILES string of the molecule is COC(=O)/C=C/[C@H](O[Si](C)(C)C(C)(C)C)[C@@H]1CSC(C)(C)N1C(=O)OC(C)(C)C. The molecule has 1 rings (SSSR count). The summed E-state index contributed by atoms with van der Waals surface area (Å²) in [5, 5.41) is -0.0115. The maximum Gasteiger partial charge on any atom is 0.411 e. The number of hydrogen-bond acceptors (Lipinski definition) is 6. The van der Waals surface area contributed by atoms with Gasteiger partial charge in [-0.2, -0.15) is 0 Å². The fourth-order valence-corrected chi connectivity index (χ4v) is 5.28. The number of hydrogen-bond donors (Lipinski definition) is 0. The molecule has 0 aliphatic carbocycles. The number of nitrogens with zero attached hydrogens (tertiary/aromatic N) is 1. The monoisotopic (exact) mass is 445 g/mol. The van der Waals surface area contributed by atoms with Crippen molar-refractivity contribution in [3.05, 3.63) is 12.2 Å². The van der Waals surface area contributed by atoms with Gasteiger partial charge in [0.1, 0.15) is 5.60 Å². The minimum atomic E-state index is -2.17. The van der Waals surface area contributed by atoms with Crippen LogP contribution in [0, 0.1) is 0 Å². The summed E-state index contributed by atoms with van der Waals surface area (Å²) in [6.45, 7) is 20.4. The molecule has 6 nitrogen and oxygen atoms in total. The molecule has 0 aromatic carbocycles. The molecule has 0 saturated carbocycles. The highest BCUT2D eigenvalue weighted by Crippen LogP contribution is 2.44. The summed E-state index contributed by atoms with van der Waals surface area (Å²) in [6.07, 6.45) is 2.32. The first-order valence-corrected chi connectivity index (χ1v) is 13.9. The molecule has 0 N–H and O–H groups in total. The number of ether oxygens (including phenoxy) is 2. The summed E-state index contributed by atoms with van der Waals surface area (Å²) in [5.74, 6) is 0.249. The zero-order valence-electron chi connectivity index (χ0n) is 19.9. The highest BCUT2D eigenvalue weighted by Gasteiger charge is 2.50. The van der Waals surface area contributed by atoms with Gasteiger partial charge >= 0.3 is 12.1 Å². The van der Waals surface area contributed by atoms with Crippen molar-refractivity contribution < 1.29 is 23.5 Å². The van der Waals surface area contributed by atoms with Gasteiger partial charge in [-0.3, -0.25) is 4.90 Å². The lowest BCUT2D eigenvalue weighted by Gasteiger charge is -2.43. The topological polar surface area (TPSA) is 65.1 Å². The van der Waals surface area contributed by atoms with Crippen LogP contribution in [0.4, 0.5) is 4.79 Å². The van der Waals surface area contributed by atoms with Crippen molar-refractivity contribution in [2.24, 2.45) is 0 Å². The van der Waals surface area contributed by atoms with Crippen LogP contribution >= 0.6 is 11.8 Å². The molecule has 1 aliphatic rings. The minimum Gasteiger partial charge on any atom is -0.466 e. The fraction of sp³-hybridized carbons (Fsp3) is 0.810. The van der Waals surface area contributed by atoms with Gasteiger partial charge in [-0.15, -0.1) is 11.8 Å². The maximum absolute atomic E-state index is 13.1. The van der Waals surface area contributed by atoms with Gasteiger partial charge in [-0.1, -0.05) is 20.8 Å². The van der Waals surface area contributed by atoms with Crippen LogP contribution in [0.25, 0.3) is 0 Å². The van der Waals surface area contributed by atoms with Gasteiger partial charge in [0.05, 0.1) is 24.1 Å². The fourth-order valence-electron chi connectivity index (χ4n) is 2.75. The van der Waals surface area contributed by atoms with Crippen LogP contribution in [0.3, 0.4) is 0 Å². The van der Waals surface area contributed by atoms with Crippen LogP contribution in [0.1, 0.15) is 55.4 Å². The Bertz CT molecular complexity index is 634. The van der Waals surface area contributed by atoms with Crippen molar-refractivity contribution in [2.45, 2.75) is 96.1 Å². The molecule has 1 fully saturated rings. The number of esters is 1. The van der Waals surface area contributed by atoms with Crippen molar-refractivity contribution in [3.8, 4) is 0 Å². The van der Waals surface area contributed by atoms with Crippen LogP contribution in [-0.2, 0) is 18.7 Å². The second-order valence-electron chi connectivity index (χ2n) is 10.4. The number of thioether (sulfide) groups is 1. The van der Waals surface area contributed by atoms with E-state index in [0.717, 1.165) is 0 Å². The number of amides is 1. The molecule has 1 aliphatic heterocycles. The number of methoxy groups -OCH3 is 1. The Balaban J connectivity index is 3.31. The molecule has 2 atom stereocenters. The lowest BCUT2D eigenvalue weighted by Crippen LogP contribution is -2.55. The first-order valence-electron chi connectivity index (χ1n) is 10.0. The van der Waals surface area contributed by atoms with Gasteiger partial charge in [0.2, 0.25) is 0 Å². The van der Waals surface area contributed by atoms with Crippen LogP contribution in [0.15, 0.2) is 12.2 Å². The normalized spacial score (nSPS) is 21.3. The summed E-state index contributed by atoms with van der Waals surface area (Å²) >= 11 is 1.68. The van der Waals surface area contributed by atoms with Crippen molar-refractivity contribution in [1.82, 2.24) is 4.90 Å². The van der Waals surface area contributed by atoms with Crippen LogP contribution < -0.4 is 0 Å². The van der Waals surface area contributed by atoms with E-state index in [4.69, 9.17) is 13.9 Å². The summed E-state index contributed by atoms with van der Waals surface area (Å²) in [4.78, 5) is 26.2. The van der Waals surface area contributed by atoms with Gasteiger partial charge in [0.25, 0.3) is 0 Å². The molecule has 1 amide bonds. The molecule has 0 spiro atoms. The second-order valence-corrected chi connectivity index (χ2v) is 16.8. The quantitative estimate of drug-likeness (QED) is 0.329. The molecule has 0 bridgehead atoms. The Morgan fingerprint density at radius 2 is 1.72 bits per heavy atom. The largest absolute Gasteiger partial charge is 0.466 e. The molecule has 168 valence electrons. The van der Waals surface area contributed by atoms with Gasteiger partial charge in [0.15, 0.2) is 8.32 Å². The average Bonchev–Trinajstić information content (AvgIpc) is 2.83. The van der Waals surface area contributed by atoms with Crippen molar-refractivity contribution >= 4 is 32.1 Å². The lowest BCUT2D eigenvalue weighted by atomic mass is 10.1. The Morgan fingerprint density at radius 3 is 2.17 bits per heavy atom. The molecule has 1 saturated heterocycles. The van der Waals surface area contributed by atoms with E-state index in [9.17, 15) is 9.59 Å². The van der Waals surface area contributed by atoms with Crippen LogP contribution in [-0.4, -0.2) is 60.8 Å². The summed E-state index contributed by atoms with van der Waals surface area (Å²) in [7, 11) is -0.822. The van der Waals surface area contributed by atoms with E-state index in [-0.39, 0.29) is 17.2 Å². The van der Waals surface area contributed by atoms with Gasteiger partial charge < -0.3 is 13.9 Å². The summed E-state index contributed by atoms with van der Waals surface area (Å²) in [6, 6.07) is -0.250. The third-order valence-electron chi connectivity index (χ3n) is 5.35. The molecule has 1 heterocycles. The third kappa shape index (κ3) is 7.03. The van der Waals surface area contributed by atoms with Gasteiger partial charge in [-0.25, -0.2) is 9.59 Å². The molecular formula is C21H39NO5SSi. The molecule has 0 radical (unpaired) electrons. The Kier molecular flexibility index (Phi) is 8.10. The van der Waals surface area contributed by atoms with Gasteiger partial charge in [0, 0.05) is 11.8 Å². The zero-order chi connectivity index (χ0) is 22.8. The maximum atomic E-state index is 13.1. The third-order valence-corrected chi connectivity index (χ3v) is 11.2. The smallest absolute Gasteiger partial charge is 0.411 e. The summed E-state index contributed by atoms with van der Waals surface area (Å²) < 4.78 is 17.1. The van der Waals surface area contributed by atoms with E-state index in [1.54, 1.807) is 22.7 Å². The van der Waals surface area contributed by atoms with Crippen LogP contribution in [0.5, 0.6) is 0 Å². The predicted molar refractivity (Wildman–Crippen MR) is 122 cm³/mol. The van der Waals surface area contributed by atoms with Crippen molar-refractivity contribution in [1.29, 1.82) is 0 Å². The highest BCUT2D eigenvalue weighted by atomic mass is 32.2. The Hall–Kier alpha value is -0.993. The number of carbonyl (C=O) groups is 2. The lowest BCUT2D eigenvalue weighted by molar-refractivity contribution is -0.134. The van der Waals surface area contributed by atoms with E-state index >= 15 is 0 Å². The first-order chi connectivity index (χ1) is 12.9. The summed E-state index contributed by atoms with van der Waals surface area (Å²) in [5.41, 5.74) is -0.595. The van der Waals surface area contributed by atoms with Crippen LogP contribution in [0.2, 0.25) is 18.1 Å². The van der Waals surface area contributed by atoms with Crippen molar-refractivity contribution in [3.63, 3.8) is 0 Å². The van der Waals surface area contributed by atoms with E-state index in [1.165, 1.54) is 13.2 Å². The number of carbonyl (C=O) groups excluding carboxylic acids is 2. The number of rotatable bonds is 5.